The molecule has 1 aliphatic heterocycles. The first-order valence-corrected chi connectivity index (χ1v) is 6.73. The van der Waals surface area contributed by atoms with Crippen LogP contribution in [-0.4, -0.2) is 36.1 Å². The zero-order valence-corrected chi connectivity index (χ0v) is 11.1. The predicted molar refractivity (Wildman–Crippen MR) is 78.5 cm³/mol. The Labute approximate surface area is 112 Å². The Morgan fingerprint density at radius 1 is 1.26 bits per heavy atom. The first-order valence-electron chi connectivity index (χ1n) is 6.73. The molecule has 0 aliphatic carbocycles. The Bertz CT molecular complexity index is 583. The van der Waals surface area contributed by atoms with Crippen molar-refractivity contribution in [2.75, 3.05) is 30.4 Å². The second-order valence-corrected chi connectivity index (χ2v) is 4.98. The average molecular weight is 257 g/mol. The SMILES string of the molecule is CNc1nc2ccccc2nc1N1CCC[C@H](N)C1. The number of hydrogen-bond donors (Lipinski definition) is 2. The number of nitrogens with zero attached hydrogens (tertiary/aromatic N) is 3. The highest BCUT2D eigenvalue weighted by Gasteiger charge is 2.21. The lowest BCUT2D eigenvalue weighted by molar-refractivity contribution is 0.503. The fraction of sp³-hybridized carbons (Fsp3) is 0.429. The van der Waals surface area contributed by atoms with Gasteiger partial charge in [0, 0.05) is 26.2 Å². The molecule has 0 saturated carbocycles. The number of para-hydroxylation sites is 2. The fourth-order valence-electron chi connectivity index (χ4n) is 2.58. The van der Waals surface area contributed by atoms with Crippen LogP contribution in [0.25, 0.3) is 11.0 Å². The van der Waals surface area contributed by atoms with Gasteiger partial charge in [-0.3, -0.25) is 0 Å². The highest BCUT2D eigenvalue weighted by Crippen LogP contribution is 2.26. The highest BCUT2D eigenvalue weighted by molar-refractivity contribution is 5.80. The summed E-state index contributed by atoms with van der Waals surface area (Å²) in [4.78, 5) is 11.6. The van der Waals surface area contributed by atoms with Gasteiger partial charge in [-0.25, -0.2) is 9.97 Å². The van der Waals surface area contributed by atoms with Gasteiger partial charge >= 0.3 is 0 Å². The summed E-state index contributed by atoms with van der Waals surface area (Å²) in [6, 6.07) is 8.17. The maximum absolute atomic E-state index is 6.06. The first-order chi connectivity index (χ1) is 9.28. The van der Waals surface area contributed by atoms with Gasteiger partial charge in [0.25, 0.3) is 0 Å². The molecule has 100 valence electrons. The minimum absolute atomic E-state index is 0.228. The molecule has 3 rings (SSSR count). The summed E-state index contributed by atoms with van der Waals surface area (Å²) in [6.07, 6.45) is 2.20. The topological polar surface area (TPSA) is 67.1 Å². The molecule has 5 nitrogen and oxygen atoms in total. The summed E-state index contributed by atoms with van der Waals surface area (Å²) in [6.45, 7) is 1.84. The zero-order valence-electron chi connectivity index (χ0n) is 11.1. The van der Waals surface area contributed by atoms with Crippen LogP contribution in [0.4, 0.5) is 11.6 Å². The number of aromatic nitrogens is 2. The van der Waals surface area contributed by atoms with Crippen LogP contribution in [-0.2, 0) is 0 Å². The maximum Gasteiger partial charge on any atom is 0.172 e. The summed E-state index contributed by atoms with van der Waals surface area (Å²) < 4.78 is 0. The molecule has 0 spiro atoms. The van der Waals surface area contributed by atoms with E-state index in [1.54, 1.807) is 0 Å². The molecule has 1 aromatic carbocycles. The maximum atomic E-state index is 6.06. The summed E-state index contributed by atoms with van der Waals surface area (Å²) in [7, 11) is 1.88. The van der Waals surface area contributed by atoms with Gasteiger partial charge in [-0.05, 0) is 25.0 Å². The predicted octanol–water partition coefficient (Wildman–Crippen LogP) is 1.60. The van der Waals surface area contributed by atoms with Crippen molar-refractivity contribution in [3.63, 3.8) is 0 Å². The van der Waals surface area contributed by atoms with Crippen molar-refractivity contribution in [1.82, 2.24) is 9.97 Å². The molecule has 1 aromatic heterocycles. The fourth-order valence-corrected chi connectivity index (χ4v) is 2.58. The van der Waals surface area contributed by atoms with E-state index in [-0.39, 0.29) is 6.04 Å². The van der Waals surface area contributed by atoms with Crippen molar-refractivity contribution in [3.8, 4) is 0 Å². The minimum atomic E-state index is 0.228. The molecular formula is C14H19N5. The van der Waals surface area contributed by atoms with E-state index in [0.717, 1.165) is 48.6 Å². The summed E-state index contributed by atoms with van der Waals surface area (Å²) in [5.74, 6) is 1.74. The molecule has 1 saturated heterocycles. The van der Waals surface area contributed by atoms with E-state index in [0.29, 0.717) is 0 Å². The summed E-state index contributed by atoms with van der Waals surface area (Å²) in [5, 5.41) is 3.14. The van der Waals surface area contributed by atoms with Crippen LogP contribution in [0.3, 0.4) is 0 Å². The smallest absolute Gasteiger partial charge is 0.172 e. The lowest BCUT2D eigenvalue weighted by atomic mass is 10.1. The van der Waals surface area contributed by atoms with E-state index in [4.69, 9.17) is 10.7 Å². The molecule has 1 fully saturated rings. The lowest BCUT2D eigenvalue weighted by Crippen LogP contribution is -2.43. The molecule has 5 heteroatoms. The van der Waals surface area contributed by atoms with Crippen molar-refractivity contribution < 1.29 is 0 Å². The molecule has 0 amide bonds. The number of hydrogen-bond acceptors (Lipinski definition) is 5. The lowest BCUT2D eigenvalue weighted by Gasteiger charge is -2.32. The van der Waals surface area contributed by atoms with Crippen molar-refractivity contribution in [2.24, 2.45) is 5.73 Å². The number of fused-ring (bicyclic) bond motifs is 1. The largest absolute Gasteiger partial charge is 0.370 e. The third-order valence-corrected chi connectivity index (χ3v) is 3.55. The van der Waals surface area contributed by atoms with E-state index in [9.17, 15) is 0 Å². The van der Waals surface area contributed by atoms with E-state index in [1.165, 1.54) is 0 Å². The quantitative estimate of drug-likeness (QED) is 0.855. The monoisotopic (exact) mass is 257 g/mol. The van der Waals surface area contributed by atoms with E-state index < -0.39 is 0 Å². The van der Waals surface area contributed by atoms with Crippen LogP contribution in [0.1, 0.15) is 12.8 Å². The van der Waals surface area contributed by atoms with Crippen LogP contribution < -0.4 is 16.0 Å². The minimum Gasteiger partial charge on any atom is -0.370 e. The Kier molecular flexibility index (Phi) is 3.21. The Morgan fingerprint density at radius 3 is 2.68 bits per heavy atom. The van der Waals surface area contributed by atoms with Crippen molar-refractivity contribution in [1.29, 1.82) is 0 Å². The van der Waals surface area contributed by atoms with E-state index >= 15 is 0 Å². The standard InChI is InChI=1S/C14H19N5/c1-16-13-14(19-8-4-5-10(15)9-19)18-12-7-3-2-6-11(12)17-13/h2-3,6-7,10H,4-5,8-9,15H2,1H3,(H,16,17)/t10-/m0/s1. The Hall–Kier alpha value is -1.88. The van der Waals surface area contributed by atoms with Crippen molar-refractivity contribution in [3.05, 3.63) is 24.3 Å². The van der Waals surface area contributed by atoms with Gasteiger partial charge in [-0.1, -0.05) is 12.1 Å². The average Bonchev–Trinajstić information content (AvgIpc) is 2.46. The zero-order chi connectivity index (χ0) is 13.2. The Morgan fingerprint density at radius 2 is 2.00 bits per heavy atom. The molecule has 2 heterocycles. The van der Waals surface area contributed by atoms with Crippen LogP contribution >= 0.6 is 0 Å². The number of nitrogens with two attached hydrogens (primary N) is 1. The van der Waals surface area contributed by atoms with E-state index in [1.807, 2.05) is 31.3 Å². The highest BCUT2D eigenvalue weighted by atomic mass is 15.2. The summed E-state index contributed by atoms with van der Waals surface area (Å²) >= 11 is 0. The molecular weight excluding hydrogens is 238 g/mol. The number of benzene rings is 1. The third kappa shape index (κ3) is 2.33. The Balaban J connectivity index is 2.05. The van der Waals surface area contributed by atoms with Gasteiger partial charge in [0.05, 0.1) is 11.0 Å². The molecule has 1 atom stereocenters. The molecule has 0 bridgehead atoms. The number of anilines is 2. The third-order valence-electron chi connectivity index (χ3n) is 3.55. The van der Waals surface area contributed by atoms with Crippen molar-refractivity contribution >= 4 is 22.7 Å². The molecule has 19 heavy (non-hydrogen) atoms. The van der Waals surface area contributed by atoms with Crippen molar-refractivity contribution in [2.45, 2.75) is 18.9 Å². The second kappa shape index (κ2) is 5.01. The molecule has 3 N–H and O–H groups in total. The van der Waals surface area contributed by atoms with Crippen LogP contribution in [0.15, 0.2) is 24.3 Å². The van der Waals surface area contributed by atoms with Gasteiger partial charge in [0.15, 0.2) is 11.6 Å². The van der Waals surface area contributed by atoms with Crippen LogP contribution in [0, 0.1) is 0 Å². The van der Waals surface area contributed by atoms with Gasteiger partial charge in [-0.2, -0.15) is 0 Å². The molecule has 1 aliphatic rings. The number of nitrogens with one attached hydrogen (secondary N) is 1. The normalized spacial score (nSPS) is 19.7. The van der Waals surface area contributed by atoms with E-state index in [2.05, 4.69) is 15.2 Å². The first kappa shape index (κ1) is 12.2. The molecule has 0 unspecified atom stereocenters. The van der Waals surface area contributed by atoms with Crippen LogP contribution in [0.2, 0.25) is 0 Å². The van der Waals surface area contributed by atoms with Crippen LogP contribution in [0.5, 0.6) is 0 Å². The molecule has 0 radical (unpaired) electrons. The summed E-state index contributed by atoms with van der Waals surface area (Å²) in [5.41, 5.74) is 7.90. The number of rotatable bonds is 2. The van der Waals surface area contributed by atoms with Gasteiger partial charge in [0.1, 0.15) is 0 Å². The van der Waals surface area contributed by atoms with Gasteiger partial charge < -0.3 is 16.0 Å². The second-order valence-electron chi connectivity index (χ2n) is 4.98. The number of piperidine rings is 1. The van der Waals surface area contributed by atoms with Gasteiger partial charge in [-0.15, -0.1) is 0 Å². The van der Waals surface area contributed by atoms with Gasteiger partial charge in [0.2, 0.25) is 0 Å². The molecule has 2 aromatic rings.